The molecule has 17 heavy (non-hydrogen) atoms. The maximum absolute atomic E-state index is 12.0. The molecule has 0 spiro atoms. The van der Waals surface area contributed by atoms with Gasteiger partial charge in [-0.15, -0.1) is 0 Å². The molecule has 0 aromatic rings. The summed E-state index contributed by atoms with van der Waals surface area (Å²) in [5.74, 6) is 0.742. The Morgan fingerprint density at radius 3 is 2.94 bits per heavy atom. The maximum Gasteiger partial charge on any atom is 0.224 e. The van der Waals surface area contributed by atoms with Crippen molar-refractivity contribution in [2.45, 2.75) is 51.1 Å². The fourth-order valence-electron chi connectivity index (χ4n) is 3.10. The zero-order valence-corrected chi connectivity index (χ0v) is 10.9. The lowest BCUT2D eigenvalue weighted by Crippen LogP contribution is -2.59. The Kier molecular flexibility index (Phi) is 3.73. The summed E-state index contributed by atoms with van der Waals surface area (Å²) in [6.07, 6.45) is 3.76. The van der Waals surface area contributed by atoms with E-state index in [1.807, 2.05) is 4.90 Å². The number of nitrogens with one attached hydrogen (secondary N) is 1. The first-order valence-corrected chi connectivity index (χ1v) is 6.74. The minimum atomic E-state index is -0.387. The van der Waals surface area contributed by atoms with Crippen molar-refractivity contribution in [1.82, 2.24) is 10.2 Å². The highest BCUT2D eigenvalue weighted by Crippen LogP contribution is 2.35. The van der Waals surface area contributed by atoms with Gasteiger partial charge >= 0.3 is 0 Å². The van der Waals surface area contributed by atoms with Crippen molar-refractivity contribution in [1.29, 1.82) is 0 Å². The number of amides is 1. The van der Waals surface area contributed by atoms with Crippen LogP contribution in [0.1, 0.15) is 39.5 Å². The summed E-state index contributed by atoms with van der Waals surface area (Å²) in [7, 11) is 0. The largest absolute Gasteiger partial charge is 0.394 e. The average molecular weight is 240 g/mol. The minimum Gasteiger partial charge on any atom is -0.394 e. The minimum absolute atomic E-state index is 0.0621. The van der Waals surface area contributed by atoms with Gasteiger partial charge in [0, 0.05) is 13.0 Å². The van der Waals surface area contributed by atoms with Crippen molar-refractivity contribution in [2.75, 3.05) is 19.7 Å². The van der Waals surface area contributed by atoms with E-state index in [4.69, 9.17) is 0 Å². The third-order valence-corrected chi connectivity index (χ3v) is 4.07. The summed E-state index contributed by atoms with van der Waals surface area (Å²) in [5, 5.41) is 13.2. The van der Waals surface area contributed by atoms with Gasteiger partial charge in [0.05, 0.1) is 18.2 Å². The zero-order valence-electron chi connectivity index (χ0n) is 10.9. The van der Waals surface area contributed by atoms with Gasteiger partial charge in [0.1, 0.15) is 0 Å². The number of aliphatic hydroxyl groups is 1. The summed E-state index contributed by atoms with van der Waals surface area (Å²) >= 11 is 0. The highest BCUT2D eigenvalue weighted by Gasteiger charge is 2.51. The van der Waals surface area contributed by atoms with E-state index in [0.717, 1.165) is 25.9 Å². The molecule has 2 saturated heterocycles. The summed E-state index contributed by atoms with van der Waals surface area (Å²) in [4.78, 5) is 14.0. The average Bonchev–Trinajstić information content (AvgIpc) is 2.62. The van der Waals surface area contributed by atoms with Crippen LogP contribution < -0.4 is 5.32 Å². The van der Waals surface area contributed by atoms with Crippen molar-refractivity contribution < 1.29 is 9.90 Å². The Labute approximate surface area is 103 Å². The fraction of sp³-hybridized carbons (Fsp3) is 0.923. The third kappa shape index (κ3) is 2.33. The lowest BCUT2D eigenvalue weighted by atomic mass is 9.85. The van der Waals surface area contributed by atoms with Crippen LogP contribution >= 0.6 is 0 Å². The van der Waals surface area contributed by atoms with Gasteiger partial charge in [-0.2, -0.15) is 0 Å². The topological polar surface area (TPSA) is 52.6 Å². The Bertz CT molecular complexity index is 293. The molecule has 2 heterocycles. The van der Waals surface area contributed by atoms with Crippen LogP contribution in [0.4, 0.5) is 0 Å². The smallest absolute Gasteiger partial charge is 0.224 e. The van der Waals surface area contributed by atoms with Crippen LogP contribution in [0.25, 0.3) is 0 Å². The number of hydrogen-bond donors (Lipinski definition) is 2. The predicted molar refractivity (Wildman–Crippen MR) is 66.6 cm³/mol. The van der Waals surface area contributed by atoms with Gasteiger partial charge < -0.3 is 15.3 Å². The van der Waals surface area contributed by atoms with Crippen molar-refractivity contribution >= 4 is 5.91 Å². The number of aliphatic hydroxyl groups excluding tert-OH is 1. The molecule has 1 amide bonds. The van der Waals surface area contributed by atoms with Gasteiger partial charge in [-0.3, -0.25) is 4.79 Å². The molecule has 0 saturated carbocycles. The van der Waals surface area contributed by atoms with Crippen molar-refractivity contribution in [3.05, 3.63) is 0 Å². The summed E-state index contributed by atoms with van der Waals surface area (Å²) in [6.45, 7) is 6.08. The second-order valence-corrected chi connectivity index (χ2v) is 5.86. The van der Waals surface area contributed by atoms with E-state index in [0.29, 0.717) is 12.3 Å². The molecule has 2 fully saturated rings. The molecule has 0 aromatic heterocycles. The van der Waals surface area contributed by atoms with Crippen LogP contribution in [0.3, 0.4) is 0 Å². The summed E-state index contributed by atoms with van der Waals surface area (Å²) in [5.41, 5.74) is -0.387. The lowest BCUT2D eigenvalue weighted by Gasteiger charge is -2.40. The summed E-state index contributed by atoms with van der Waals surface area (Å²) in [6, 6.07) is 0.201. The molecular weight excluding hydrogens is 216 g/mol. The molecule has 0 aromatic carbocycles. The van der Waals surface area contributed by atoms with E-state index >= 15 is 0 Å². The number of hydrogen-bond acceptors (Lipinski definition) is 3. The van der Waals surface area contributed by atoms with E-state index in [-0.39, 0.29) is 24.1 Å². The van der Waals surface area contributed by atoms with Gasteiger partial charge in [0.15, 0.2) is 0 Å². The quantitative estimate of drug-likeness (QED) is 0.762. The first-order chi connectivity index (χ1) is 8.09. The number of carbonyl (C=O) groups excluding carboxylic acids is 1. The highest BCUT2D eigenvalue weighted by atomic mass is 16.3. The molecule has 0 aliphatic carbocycles. The number of fused-ring (bicyclic) bond motifs is 1. The van der Waals surface area contributed by atoms with Crippen molar-refractivity contribution in [3.8, 4) is 0 Å². The molecule has 2 aliphatic heterocycles. The van der Waals surface area contributed by atoms with Gasteiger partial charge in [0.2, 0.25) is 5.91 Å². The van der Waals surface area contributed by atoms with E-state index in [1.54, 1.807) is 0 Å². The second-order valence-electron chi connectivity index (χ2n) is 5.86. The standard InChI is InChI=1S/C13H24N2O2/c1-10(2)8-14-13(9-16)7-12(17)15-6-4-3-5-11(13)15/h10-11,14,16H,3-9H2,1-2H3. The van der Waals surface area contributed by atoms with Crippen LogP contribution in [0.2, 0.25) is 0 Å². The first kappa shape index (κ1) is 12.8. The molecule has 4 heteroatoms. The number of carbonyl (C=O) groups is 1. The molecule has 98 valence electrons. The molecule has 2 rings (SSSR count). The molecule has 2 unspecified atom stereocenters. The molecule has 4 nitrogen and oxygen atoms in total. The van der Waals surface area contributed by atoms with Crippen LogP contribution in [0, 0.1) is 5.92 Å². The fourth-order valence-corrected chi connectivity index (χ4v) is 3.10. The highest BCUT2D eigenvalue weighted by molar-refractivity contribution is 5.81. The van der Waals surface area contributed by atoms with Crippen molar-refractivity contribution in [3.63, 3.8) is 0 Å². The Hall–Kier alpha value is -0.610. The number of piperidine rings is 1. The summed E-state index contributed by atoms with van der Waals surface area (Å²) < 4.78 is 0. The first-order valence-electron chi connectivity index (χ1n) is 6.74. The van der Waals surface area contributed by atoms with Gasteiger partial charge in [0.25, 0.3) is 0 Å². The molecule has 2 aliphatic rings. The zero-order chi connectivity index (χ0) is 12.5. The molecular formula is C13H24N2O2. The molecule has 0 radical (unpaired) electrons. The lowest BCUT2D eigenvalue weighted by molar-refractivity contribution is -0.129. The van der Waals surface area contributed by atoms with Crippen molar-refractivity contribution in [2.24, 2.45) is 5.92 Å². The van der Waals surface area contributed by atoms with E-state index in [9.17, 15) is 9.90 Å². The number of nitrogens with zero attached hydrogens (tertiary/aromatic N) is 1. The Morgan fingerprint density at radius 2 is 2.29 bits per heavy atom. The van der Waals surface area contributed by atoms with Crippen LogP contribution in [0.15, 0.2) is 0 Å². The predicted octanol–water partition coefficient (Wildman–Crippen LogP) is 0.748. The monoisotopic (exact) mass is 240 g/mol. The van der Waals surface area contributed by atoms with Crippen LogP contribution in [0.5, 0.6) is 0 Å². The normalized spacial score (nSPS) is 33.3. The third-order valence-electron chi connectivity index (χ3n) is 4.07. The van der Waals surface area contributed by atoms with E-state index in [1.165, 1.54) is 6.42 Å². The second kappa shape index (κ2) is 4.94. The molecule has 2 atom stereocenters. The molecule has 0 bridgehead atoms. The maximum atomic E-state index is 12.0. The van der Waals surface area contributed by atoms with Gasteiger partial charge in [-0.25, -0.2) is 0 Å². The van der Waals surface area contributed by atoms with Crippen LogP contribution in [-0.2, 0) is 4.79 Å². The Balaban J connectivity index is 2.12. The van der Waals surface area contributed by atoms with Gasteiger partial charge in [-0.1, -0.05) is 13.8 Å². The SMILES string of the molecule is CC(C)CNC1(CO)CC(=O)N2CCCCC21. The molecule has 2 N–H and O–H groups in total. The van der Waals surface area contributed by atoms with Gasteiger partial charge in [-0.05, 0) is 31.7 Å². The number of rotatable bonds is 4. The van der Waals surface area contributed by atoms with E-state index in [2.05, 4.69) is 19.2 Å². The Morgan fingerprint density at radius 1 is 1.53 bits per heavy atom. The van der Waals surface area contributed by atoms with Crippen LogP contribution in [-0.4, -0.2) is 47.2 Å². The van der Waals surface area contributed by atoms with E-state index < -0.39 is 0 Å².